The molecule has 0 radical (unpaired) electrons. The molecule has 0 amide bonds. The predicted molar refractivity (Wildman–Crippen MR) is 85.2 cm³/mol. The second-order valence-electron chi connectivity index (χ2n) is 5.30. The van der Waals surface area contributed by atoms with Crippen LogP contribution in [0.5, 0.6) is 5.75 Å². The Balaban J connectivity index is 2.59. The minimum Gasteiger partial charge on any atom is -0.491 e. The van der Waals surface area contributed by atoms with Crippen LogP contribution >= 0.6 is 0 Å². The van der Waals surface area contributed by atoms with Crippen molar-refractivity contribution in [1.29, 1.82) is 0 Å². The molecule has 1 atom stereocenters. The van der Waals surface area contributed by atoms with Gasteiger partial charge < -0.3 is 15.4 Å². The number of nitrogens with one attached hydrogen (secondary N) is 2. The van der Waals surface area contributed by atoms with Crippen molar-refractivity contribution in [3.8, 4) is 5.75 Å². The molecule has 1 aromatic rings. The Morgan fingerprint density at radius 1 is 1.33 bits per heavy atom. The maximum Gasteiger partial charge on any atom is 0.191 e. The van der Waals surface area contributed by atoms with E-state index < -0.39 is 0 Å². The maximum absolute atomic E-state index is 13.8. The van der Waals surface area contributed by atoms with E-state index >= 15 is 0 Å². The van der Waals surface area contributed by atoms with Crippen molar-refractivity contribution in [1.82, 2.24) is 10.6 Å². The van der Waals surface area contributed by atoms with Crippen LogP contribution in [-0.2, 0) is 6.54 Å². The van der Waals surface area contributed by atoms with Gasteiger partial charge in [-0.2, -0.15) is 0 Å². The summed E-state index contributed by atoms with van der Waals surface area (Å²) in [5.74, 6) is 1.17. The Morgan fingerprint density at radius 3 is 2.57 bits per heavy atom. The molecular formula is C16H26FN3O. The molecule has 0 aliphatic carbocycles. The van der Waals surface area contributed by atoms with Crippen molar-refractivity contribution < 1.29 is 9.13 Å². The lowest BCUT2D eigenvalue weighted by atomic mass is 10.1. The summed E-state index contributed by atoms with van der Waals surface area (Å²) >= 11 is 0. The van der Waals surface area contributed by atoms with Gasteiger partial charge in [0.05, 0.1) is 6.61 Å². The van der Waals surface area contributed by atoms with Gasteiger partial charge in [-0.05, 0) is 37.5 Å². The molecule has 0 saturated carbocycles. The summed E-state index contributed by atoms with van der Waals surface area (Å²) in [6.07, 6.45) is 0. The summed E-state index contributed by atoms with van der Waals surface area (Å²) in [4.78, 5) is 4.17. The van der Waals surface area contributed by atoms with Gasteiger partial charge in [0.15, 0.2) is 17.5 Å². The fourth-order valence-corrected chi connectivity index (χ4v) is 1.69. The van der Waals surface area contributed by atoms with Crippen molar-refractivity contribution in [3.63, 3.8) is 0 Å². The van der Waals surface area contributed by atoms with Crippen molar-refractivity contribution in [3.05, 3.63) is 29.6 Å². The third-order valence-corrected chi connectivity index (χ3v) is 3.34. The first-order chi connectivity index (χ1) is 9.97. The lowest BCUT2D eigenvalue weighted by Crippen LogP contribution is -2.43. The van der Waals surface area contributed by atoms with E-state index in [1.54, 1.807) is 13.1 Å². The zero-order chi connectivity index (χ0) is 15.8. The second kappa shape index (κ2) is 8.49. The number of hydrogen-bond acceptors (Lipinski definition) is 2. The van der Waals surface area contributed by atoms with Gasteiger partial charge in [-0.15, -0.1) is 0 Å². The van der Waals surface area contributed by atoms with Gasteiger partial charge in [-0.1, -0.05) is 19.9 Å². The fourth-order valence-electron chi connectivity index (χ4n) is 1.69. The first-order valence-corrected chi connectivity index (χ1v) is 7.36. The van der Waals surface area contributed by atoms with Crippen molar-refractivity contribution in [2.24, 2.45) is 10.9 Å². The molecule has 1 unspecified atom stereocenters. The molecule has 5 heteroatoms. The number of guanidine groups is 1. The van der Waals surface area contributed by atoms with E-state index in [0.717, 1.165) is 5.56 Å². The lowest BCUT2D eigenvalue weighted by molar-refractivity contribution is 0.321. The van der Waals surface area contributed by atoms with Crippen molar-refractivity contribution in [2.75, 3.05) is 13.7 Å². The standard InChI is InChI=1S/C16H26FN3O/c1-6-21-15-8-7-13(9-14(15)17)10-19-16(18-5)20-12(4)11(2)3/h7-9,11-12H,6,10H2,1-5H3,(H2,18,19,20). The molecule has 2 N–H and O–H groups in total. The highest BCUT2D eigenvalue weighted by molar-refractivity contribution is 5.79. The van der Waals surface area contributed by atoms with E-state index in [-0.39, 0.29) is 11.6 Å². The summed E-state index contributed by atoms with van der Waals surface area (Å²) < 4.78 is 18.9. The van der Waals surface area contributed by atoms with Crippen molar-refractivity contribution in [2.45, 2.75) is 40.3 Å². The van der Waals surface area contributed by atoms with E-state index in [0.29, 0.717) is 31.1 Å². The Bertz CT molecular complexity index is 475. The number of rotatable bonds is 6. The molecule has 0 heterocycles. The van der Waals surface area contributed by atoms with E-state index in [1.165, 1.54) is 6.07 Å². The molecule has 0 aliphatic heterocycles. The monoisotopic (exact) mass is 295 g/mol. The zero-order valence-corrected chi connectivity index (χ0v) is 13.5. The largest absolute Gasteiger partial charge is 0.491 e. The molecular weight excluding hydrogens is 269 g/mol. The Labute approximate surface area is 126 Å². The summed E-state index contributed by atoms with van der Waals surface area (Å²) in [5, 5.41) is 6.48. The van der Waals surface area contributed by atoms with Crippen LogP contribution in [0.2, 0.25) is 0 Å². The van der Waals surface area contributed by atoms with Gasteiger partial charge in [-0.25, -0.2) is 4.39 Å². The van der Waals surface area contributed by atoms with Gasteiger partial charge >= 0.3 is 0 Å². The molecule has 1 rings (SSSR count). The van der Waals surface area contributed by atoms with Crippen molar-refractivity contribution >= 4 is 5.96 Å². The smallest absolute Gasteiger partial charge is 0.191 e. The van der Waals surface area contributed by atoms with Crippen LogP contribution in [0.4, 0.5) is 4.39 Å². The maximum atomic E-state index is 13.8. The van der Waals surface area contributed by atoms with E-state index in [1.807, 2.05) is 13.0 Å². The summed E-state index contributed by atoms with van der Waals surface area (Å²) in [5.41, 5.74) is 0.844. The minimum absolute atomic E-state index is 0.289. The lowest BCUT2D eigenvalue weighted by Gasteiger charge is -2.20. The SMILES string of the molecule is CCOc1ccc(CNC(=NC)NC(C)C(C)C)cc1F. The van der Waals surface area contributed by atoms with E-state index in [9.17, 15) is 4.39 Å². The highest BCUT2D eigenvalue weighted by Crippen LogP contribution is 2.18. The van der Waals surface area contributed by atoms with Gasteiger partial charge in [-0.3, -0.25) is 4.99 Å². The van der Waals surface area contributed by atoms with Crippen LogP contribution in [-0.4, -0.2) is 25.7 Å². The van der Waals surface area contributed by atoms with E-state index in [2.05, 4.69) is 36.4 Å². The van der Waals surface area contributed by atoms with Gasteiger partial charge in [0, 0.05) is 19.6 Å². The predicted octanol–water partition coefficient (Wildman–Crippen LogP) is 2.93. The molecule has 0 spiro atoms. The quantitative estimate of drug-likeness (QED) is 0.626. The number of ether oxygens (including phenoxy) is 1. The fraction of sp³-hybridized carbons (Fsp3) is 0.562. The second-order valence-corrected chi connectivity index (χ2v) is 5.30. The minimum atomic E-state index is -0.338. The normalized spacial score (nSPS) is 13.2. The first kappa shape index (κ1) is 17.3. The van der Waals surface area contributed by atoms with Crippen LogP contribution in [0.3, 0.4) is 0 Å². The molecule has 4 nitrogen and oxygen atoms in total. The molecule has 0 aliphatic rings. The van der Waals surface area contributed by atoms with Crippen LogP contribution in [0.1, 0.15) is 33.3 Å². The third-order valence-electron chi connectivity index (χ3n) is 3.34. The average molecular weight is 295 g/mol. The molecule has 0 bridgehead atoms. The zero-order valence-electron chi connectivity index (χ0n) is 13.5. The van der Waals surface area contributed by atoms with Crippen LogP contribution < -0.4 is 15.4 Å². The van der Waals surface area contributed by atoms with Crippen LogP contribution in [0.15, 0.2) is 23.2 Å². The number of benzene rings is 1. The summed E-state index contributed by atoms with van der Waals surface area (Å²) in [6.45, 7) is 9.19. The number of hydrogen-bond donors (Lipinski definition) is 2. The Kier molecular flexibility index (Phi) is 6.99. The third kappa shape index (κ3) is 5.61. The summed E-state index contributed by atoms with van der Waals surface area (Å²) in [6, 6.07) is 5.30. The molecule has 0 fully saturated rings. The Hall–Kier alpha value is -1.78. The van der Waals surface area contributed by atoms with Gasteiger partial charge in [0.2, 0.25) is 0 Å². The average Bonchev–Trinajstić information content (AvgIpc) is 2.45. The molecule has 118 valence electrons. The summed E-state index contributed by atoms with van der Waals surface area (Å²) in [7, 11) is 1.72. The highest BCUT2D eigenvalue weighted by Gasteiger charge is 2.09. The van der Waals surface area contributed by atoms with Gasteiger partial charge in [0.25, 0.3) is 0 Å². The highest BCUT2D eigenvalue weighted by atomic mass is 19.1. The molecule has 21 heavy (non-hydrogen) atoms. The molecule has 0 aromatic heterocycles. The van der Waals surface area contributed by atoms with Crippen LogP contribution in [0.25, 0.3) is 0 Å². The first-order valence-electron chi connectivity index (χ1n) is 7.36. The molecule has 0 saturated heterocycles. The molecule has 1 aromatic carbocycles. The van der Waals surface area contributed by atoms with Crippen LogP contribution in [0, 0.1) is 11.7 Å². The number of nitrogens with zero attached hydrogens (tertiary/aromatic N) is 1. The number of halogens is 1. The Morgan fingerprint density at radius 2 is 2.05 bits per heavy atom. The number of aliphatic imine (C=N–C) groups is 1. The van der Waals surface area contributed by atoms with Gasteiger partial charge in [0.1, 0.15) is 0 Å². The topological polar surface area (TPSA) is 45.6 Å². The van der Waals surface area contributed by atoms with E-state index in [4.69, 9.17) is 4.74 Å².